The zero-order chi connectivity index (χ0) is 10.3. The summed E-state index contributed by atoms with van der Waals surface area (Å²) in [6.07, 6.45) is 0.791. The maximum absolute atomic E-state index is 11.7. The lowest BCUT2D eigenvalue weighted by atomic mass is 9.96. The molecular weight excluding hydrogens is 265 g/mol. The summed E-state index contributed by atoms with van der Waals surface area (Å²) in [4.78, 5) is 11.7. The van der Waals surface area contributed by atoms with Gasteiger partial charge in [0.2, 0.25) is 0 Å². The molecular formula is C10H9BrClNO. The lowest BCUT2D eigenvalue weighted by Gasteiger charge is -2.24. The average Bonchev–Trinajstić information content (AvgIpc) is 2.10. The van der Waals surface area contributed by atoms with Gasteiger partial charge in [-0.25, -0.2) is 0 Å². The van der Waals surface area contributed by atoms with E-state index in [0.717, 1.165) is 16.5 Å². The Balaban J connectivity index is 2.63. The third kappa shape index (κ3) is 1.55. The number of fused-ring (bicyclic) bond motifs is 1. The van der Waals surface area contributed by atoms with E-state index < -0.39 is 0 Å². The van der Waals surface area contributed by atoms with E-state index in [2.05, 4.69) is 21.2 Å². The van der Waals surface area contributed by atoms with Crippen LogP contribution in [0.25, 0.3) is 0 Å². The van der Waals surface area contributed by atoms with E-state index in [4.69, 9.17) is 11.6 Å². The minimum atomic E-state index is -0.0480. The highest BCUT2D eigenvalue weighted by Gasteiger charge is 2.25. The van der Waals surface area contributed by atoms with Crippen LogP contribution in [0.5, 0.6) is 0 Å². The summed E-state index contributed by atoms with van der Waals surface area (Å²) in [6, 6.07) is 3.77. The molecule has 0 aromatic heterocycles. The highest BCUT2D eigenvalue weighted by Crippen LogP contribution is 2.30. The van der Waals surface area contributed by atoms with Crippen molar-refractivity contribution in [2.45, 2.75) is 19.4 Å². The zero-order valence-electron chi connectivity index (χ0n) is 7.60. The van der Waals surface area contributed by atoms with E-state index in [1.165, 1.54) is 0 Å². The van der Waals surface area contributed by atoms with Gasteiger partial charge in [-0.1, -0.05) is 11.6 Å². The molecule has 0 fully saturated rings. The van der Waals surface area contributed by atoms with Gasteiger partial charge in [-0.3, -0.25) is 4.79 Å². The van der Waals surface area contributed by atoms with Gasteiger partial charge in [0.15, 0.2) is 0 Å². The van der Waals surface area contributed by atoms with Crippen LogP contribution in [-0.4, -0.2) is 11.9 Å². The molecule has 0 bridgehead atoms. The van der Waals surface area contributed by atoms with Crippen LogP contribution in [0.2, 0.25) is 5.02 Å². The summed E-state index contributed by atoms with van der Waals surface area (Å²) >= 11 is 9.40. The first-order valence-corrected chi connectivity index (χ1v) is 5.54. The van der Waals surface area contributed by atoms with E-state index >= 15 is 0 Å². The smallest absolute Gasteiger partial charge is 0.252 e. The minimum Gasteiger partial charge on any atom is -0.349 e. The fourth-order valence-corrected chi connectivity index (χ4v) is 2.48. The van der Waals surface area contributed by atoms with Gasteiger partial charge in [0, 0.05) is 15.5 Å². The van der Waals surface area contributed by atoms with Crippen LogP contribution in [0.3, 0.4) is 0 Å². The molecule has 1 aliphatic heterocycles. The average molecular weight is 275 g/mol. The Labute approximate surface area is 95.8 Å². The Morgan fingerprint density at radius 2 is 2.29 bits per heavy atom. The number of benzene rings is 1. The molecule has 14 heavy (non-hydrogen) atoms. The Morgan fingerprint density at radius 1 is 1.57 bits per heavy atom. The normalized spacial score (nSPS) is 20.2. The van der Waals surface area contributed by atoms with E-state index in [9.17, 15) is 4.79 Å². The Kier molecular flexibility index (Phi) is 2.54. The van der Waals surface area contributed by atoms with Crippen molar-refractivity contribution >= 4 is 33.4 Å². The van der Waals surface area contributed by atoms with Crippen molar-refractivity contribution < 1.29 is 4.79 Å². The first kappa shape index (κ1) is 9.99. The van der Waals surface area contributed by atoms with E-state index in [0.29, 0.717) is 10.6 Å². The molecule has 1 atom stereocenters. The van der Waals surface area contributed by atoms with E-state index in [-0.39, 0.29) is 11.9 Å². The monoisotopic (exact) mass is 273 g/mol. The maximum Gasteiger partial charge on any atom is 0.252 e. The zero-order valence-corrected chi connectivity index (χ0v) is 9.95. The van der Waals surface area contributed by atoms with Gasteiger partial charge in [-0.05, 0) is 47.0 Å². The lowest BCUT2D eigenvalue weighted by Crippen LogP contribution is -2.39. The third-order valence-corrected chi connectivity index (χ3v) is 3.33. The van der Waals surface area contributed by atoms with Crippen molar-refractivity contribution in [3.63, 3.8) is 0 Å². The van der Waals surface area contributed by atoms with Crippen LogP contribution in [0.4, 0.5) is 0 Å². The van der Waals surface area contributed by atoms with Crippen molar-refractivity contribution in [2.75, 3.05) is 0 Å². The first-order chi connectivity index (χ1) is 6.59. The molecule has 1 heterocycles. The van der Waals surface area contributed by atoms with Gasteiger partial charge < -0.3 is 5.32 Å². The van der Waals surface area contributed by atoms with Crippen molar-refractivity contribution in [1.82, 2.24) is 5.32 Å². The number of amides is 1. The molecule has 2 rings (SSSR count). The summed E-state index contributed by atoms with van der Waals surface area (Å²) in [5.74, 6) is -0.0480. The predicted octanol–water partition coefficient (Wildman–Crippen LogP) is 2.78. The van der Waals surface area contributed by atoms with Crippen molar-refractivity contribution in [3.05, 3.63) is 32.8 Å². The van der Waals surface area contributed by atoms with Crippen molar-refractivity contribution in [3.8, 4) is 0 Å². The van der Waals surface area contributed by atoms with Crippen LogP contribution in [0.1, 0.15) is 22.8 Å². The summed E-state index contributed by atoms with van der Waals surface area (Å²) in [7, 11) is 0. The Bertz CT molecular complexity index is 405. The molecule has 1 N–H and O–H groups in total. The molecule has 2 nitrogen and oxygen atoms in total. The van der Waals surface area contributed by atoms with Crippen LogP contribution in [0.15, 0.2) is 16.6 Å². The number of hydrogen-bond donors (Lipinski definition) is 1. The van der Waals surface area contributed by atoms with E-state index in [1.807, 2.05) is 13.0 Å². The molecule has 1 aromatic rings. The molecule has 0 saturated heterocycles. The van der Waals surface area contributed by atoms with Gasteiger partial charge in [0.25, 0.3) is 5.91 Å². The minimum absolute atomic E-state index is 0.0480. The number of nitrogens with one attached hydrogen (secondary N) is 1. The van der Waals surface area contributed by atoms with Gasteiger partial charge in [-0.2, -0.15) is 0 Å². The molecule has 1 amide bonds. The largest absolute Gasteiger partial charge is 0.349 e. The van der Waals surface area contributed by atoms with Gasteiger partial charge in [0.1, 0.15) is 0 Å². The topological polar surface area (TPSA) is 29.1 Å². The molecule has 0 saturated carbocycles. The maximum atomic E-state index is 11.7. The van der Waals surface area contributed by atoms with Crippen molar-refractivity contribution in [2.24, 2.45) is 0 Å². The fourth-order valence-electron chi connectivity index (χ4n) is 1.69. The van der Waals surface area contributed by atoms with E-state index in [1.54, 1.807) is 6.07 Å². The molecule has 74 valence electrons. The third-order valence-electron chi connectivity index (χ3n) is 2.32. The van der Waals surface area contributed by atoms with Gasteiger partial charge in [0.05, 0.1) is 5.56 Å². The Morgan fingerprint density at radius 3 is 3.00 bits per heavy atom. The second kappa shape index (κ2) is 3.55. The highest BCUT2D eigenvalue weighted by atomic mass is 79.9. The second-order valence-corrected chi connectivity index (χ2v) is 4.72. The predicted molar refractivity (Wildman–Crippen MR) is 59.8 cm³/mol. The van der Waals surface area contributed by atoms with Crippen LogP contribution >= 0.6 is 27.5 Å². The quantitative estimate of drug-likeness (QED) is 0.774. The second-order valence-electron chi connectivity index (χ2n) is 3.46. The lowest BCUT2D eigenvalue weighted by molar-refractivity contribution is 0.0928. The van der Waals surface area contributed by atoms with Crippen LogP contribution < -0.4 is 5.32 Å². The fraction of sp³-hybridized carbons (Fsp3) is 0.300. The van der Waals surface area contributed by atoms with Gasteiger partial charge in [-0.15, -0.1) is 0 Å². The molecule has 1 aromatic carbocycles. The molecule has 0 aliphatic carbocycles. The number of carbonyl (C=O) groups is 1. The summed E-state index contributed by atoms with van der Waals surface area (Å²) in [5.41, 5.74) is 1.62. The summed E-state index contributed by atoms with van der Waals surface area (Å²) in [6.45, 7) is 1.97. The molecule has 0 spiro atoms. The molecule has 0 radical (unpaired) electrons. The number of halogens is 2. The van der Waals surface area contributed by atoms with Crippen LogP contribution in [-0.2, 0) is 6.42 Å². The first-order valence-electron chi connectivity index (χ1n) is 4.37. The summed E-state index contributed by atoms with van der Waals surface area (Å²) < 4.78 is 0.807. The summed E-state index contributed by atoms with van der Waals surface area (Å²) in [5, 5.41) is 3.55. The number of hydrogen-bond acceptors (Lipinski definition) is 1. The number of rotatable bonds is 0. The molecule has 1 aliphatic rings. The van der Waals surface area contributed by atoms with Gasteiger partial charge >= 0.3 is 0 Å². The number of carbonyl (C=O) groups excluding carboxylic acids is 1. The Hall–Kier alpha value is -0.540. The molecule has 4 heteroatoms. The van der Waals surface area contributed by atoms with Crippen LogP contribution in [0, 0.1) is 0 Å². The highest BCUT2D eigenvalue weighted by molar-refractivity contribution is 9.10. The standard InChI is InChI=1S/C10H9BrClNO/c1-5-4-6-8(12)3-2-7(11)9(6)10(14)13-5/h2-3,5H,4H2,1H3,(H,13,14). The van der Waals surface area contributed by atoms with Crippen molar-refractivity contribution in [1.29, 1.82) is 0 Å². The molecule has 1 unspecified atom stereocenters. The SMILES string of the molecule is CC1Cc2c(Cl)ccc(Br)c2C(=O)N1.